The highest BCUT2D eigenvalue weighted by atomic mass is 16.6. The van der Waals surface area contributed by atoms with Gasteiger partial charge in [-0.2, -0.15) is 0 Å². The Kier molecular flexibility index (Phi) is 6.02. The summed E-state index contributed by atoms with van der Waals surface area (Å²) < 4.78 is 10.8. The van der Waals surface area contributed by atoms with Crippen molar-refractivity contribution >= 4 is 11.6 Å². The van der Waals surface area contributed by atoms with Gasteiger partial charge in [-0.15, -0.1) is 0 Å². The van der Waals surface area contributed by atoms with E-state index in [0.29, 0.717) is 31.9 Å². The third kappa shape index (κ3) is 4.72. The molecule has 5 nitrogen and oxygen atoms in total. The molecule has 1 fully saturated rings. The Balaban J connectivity index is 1.89. The lowest BCUT2D eigenvalue weighted by molar-refractivity contribution is -0.0855. The summed E-state index contributed by atoms with van der Waals surface area (Å²) in [5.41, 5.74) is 2.72. The predicted molar refractivity (Wildman–Crippen MR) is 82.9 cm³/mol. The van der Waals surface area contributed by atoms with Crippen molar-refractivity contribution in [2.75, 3.05) is 38.2 Å². The molecule has 0 radical (unpaired) electrons. The van der Waals surface area contributed by atoms with Gasteiger partial charge in [-0.25, -0.2) is 0 Å². The number of anilines is 1. The van der Waals surface area contributed by atoms with Crippen LogP contribution in [0.1, 0.15) is 29.3 Å². The summed E-state index contributed by atoms with van der Waals surface area (Å²) in [4.78, 5) is 12.2. The van der Waals surface area contributed by atoms with E-state index < -0.39 is 0 Å². The summed E-state index contributed by atoms with van der Waals surface area (Å²) in [6, 6.07) is 5.81. The molecule has 1 aromatic rings. The van der Waals surface area contributed by atoms with Crippen molar-refractivity contribution in [2.45, 2.75) is 26.4 Å². The van der Waals surface area contributed by atoms with Gasteiger partial charge in [0.1, 0.15) is 0 Å². The van der Waals surface area contributed by atoms with E-state index in [1.807, 2.05) is 25.1 Å². The van der Waals surface area contributed by atoms with E-state index in [2.05, 4.69) is 17.6 Å². The third-order valence-electron chi connectivity index (χ3n) is 3.43. The van der Waals surface area contributed by atoms with Crippen LogP contribution in [0.4, 0.5) is 5.69 Å². The topological polar surface area (TPSA) is 59.6 Å². The molecule has 5 heteroatoms. The number of ether oxygens (including phenoxy) is 2. The molecule has 1 aliphatic rings. The van der Waals surface area contributed by atoms with Crippen molar-refractivity contribution in [3.8, 4) is 0 Å². The Bertz CT molecular complexity index is 471. The fourth-order valence-electron chi connectivity index (χ4n) is 2.25. The van der Waals surface area contributed by atoms with Crippen molar-refractivity contribution < 1.29 is 14.3 Å². The molecule has 1 aromatic carbocycles. The van der Waals surface area contributed by atoms with Crippen LogP contribution in [0, 0.1) is 6.92 Å². The van der Waals surface area contributed by atoms with Crippen LogP contribution in [0.15, 0.2) is 18.2 Å². The number of hydrogen-bond donors (Lipinski definition) is 2. The minimum atomic E-state index is -0.0660. The Labute approximate surface area is 126 Å². The molecule has 0 aromatic heterocycles. The maximum Gasteiger partial charge on any atom is 0.251 e. The normalized spacial score (nSPS) is 18.3. The molecule has 1 saturated heterocycles. The second-order valence-corrected chi connectivity index (χ2v) is 5.23. The predicted octanol–water partition coefficient (Wildman–Crippen LogP) is 1.96. The Morgan fingerprint density at radius 3 is 2.90 bits per heavy atom. The zero-order valence-electron chi connectivity index (χ0n) is 12.8. The molecule has 0 saturated carbocycles. The lowest BCUT2D eigenvalue weighted by atomic mass is 10.1. The molecule has 0 aliphatic carbocycles. The fraction of sp³-hybridized carbons (Fsp3) is 0.562. The van der Waals surface area contributed by atoms with E-state index in [9.17, 15) is 4.79 Å². The van der Waals surface area contributed by atoms with Crippen molar-refractivity contribution in [2.24, 2.45) is 0 Å². The first-order valence-corrected chi connectivity index (χ1v) is 7.52. The molecule has 1 unspecified atom stereocenters. The Morgan fingerprint density at radius 1 is 1.38 bits per heavy atom. The smallest absolute Gasteiger partial charge is 0.251 e. The fourth-order valence-corrected chi connectivity index (χ4v) is 2.25. The lowest BCUT2D eigenvalue weighted by Gasteiger charge is -2.23. The monoisotopic (exact) mass is 292 g/mol. The highest BCUT2D eigenvalue weighted by molar-refractivity contribution is 5.96. The number of hydrogen-bond acceptors (Lipinski definition) is 4. The molecule has 0 spiro atoms. The van der Waals surface area contributed by atoms with Gasteiger partial charge in [0.05, 0.1) is 25.9 Å². The lowest BCUT2D eigenvalue weighted by Crippen LogP contribution is -2.39. The molecule has 1 amide bonds. The van der Waals surface area contributed by atoms with Gasteiger partial charge >= 0.3 is 0 Å². The SMILES string of the molecule is CCCNc1ccc(C(=O)NCC2COCCO2)c(C)c1. The van der Waals surface area contributed by atoms with Crippen LogP contribution in [0.5, 0.6) is 0 Å². The number of nitrogens with one attached hydrogen (secondary N) is 2. The van der Waals surface area contributed by atoms with Crippen molar-refractivity contribution in [1.82, 2.24) is 5.32 Å². The standard InChI is InChI=1S/C16H24N2O3/c1-3-6-17-13-4-5-15(12(2)9-13)16(19)18-10-14-11-20-7-8-21-14/h4-5,9,14,17H,3,6-8,10-11H2,1-2H3,(H,18,19). The van der Waals surface area contributed by atoms with Gasteiger partial charge in [-0.1, -0.05) is 6.92 Å². The minimum Gasteiger partial charge on any atom is -0.385 e. The van der Waals surface area contributed by atoms with Crippen LogP contribution in [0.25, 0.3) is 0 Å². The van der Waals surface area contributed by atoms with Gasteiger partial charge in [-0.3, -0.25) is 4.79 Å². The quantitative estimate of drug-likeness (QED) is 0.841. The summed E-state index contributed by atoms with van der Waals surface area (Å²) in [5, 5.41) is 6.22. The van der Waals surface area contributed by atoms with Crippen molar-refractivity contribution in [1.29, 1.82) is 0 Å². The average Bonchev–Trinajstić information content (AvgIpc) is 2.51. The number of amides is 1. The highest BCUT2D eigenvalue weighted by Crippen LogP contribution is 2.15. The van der Waals surface area contributed by atoms with Crippen molar-refractivity contribution in [3.63, 3.8) is 0 Å². The van der Waals surface area contributed by atoms with Crippen LogP contribution in [-0.4, -0.2) is 44.9 Å². The molecule has 0 bridgehead atoms. The van der Waals surface area contributed by atoms with Gasteiger partial charge in [-0.05, 0) is 37.1 Å². The maximum atomic E-state index is 12.2. The van der Waals surface area contributed by atoms with Crippen LogP contribution < -0.4 is 10.6 Å². The number of rotatable bonds is 6. The Morgan fingerprint density at radius 2 is 2.24 bits per heavy atom. The molecule has 2 rings (SSSR count). The van der Waals surface area contributed by atoms with E-state index in [0.717, 1.165) is 24.2 Å². The largest absolute Gasteiger partial charge is 0.385 e. The molecule has 1 heterocycles. The van der Waals surface area contributed by atoms with E-state index >= 15 is 0 Å². The summed E-state index contributed by atoms with van der Waals surface area (Å²) in [5.74, 6) is -0.0660. The van der Waals surface area contributed by atoms with Gasteiger partial charge in [0.2, 0.25) is 0 Å². The second kappa shape index (κ2) is 8.00. The molecule has 116 valence electrons. The number of carbonyl (C=O) groups is 1. The first kappa shape index (κ1) is 15.8. The molecule has 21 heavy (non-hydrogen) atoms. The third-order valence-corrected chi connectivity index (χ3v) is 3.43. The summed E-state index contributed by atoms with van der Waals surface area (Å²) in [7, 11) is 0. The van der Waals surface area contributed by atoms with E-state index in [1.165, 1.54) is 0 Å². The van der Waals surface area contributed by atoms with Crippen molar-refractivity contribution in [3.05, 3.63) is 29.3 Å². The first-order chi connectivity index (χ1) is 10.2. The van der Waals surface area contributed by atoms with Crippen LogP contribution in [0.3, 0.4) is 0 Å². The van der Waals surface area contributed by atoms with E-state index in [1.54, 1.807) is 0 Å². The Hall–Kier alpha value is -1.59. The van der Waals surface area contributed by atoms with Gasteiger partial charge in [0, 0.05) is 24.3 Å². The summed E-state index contributed by atoms with van der Waals surface area (Å²) in [6.07, 6.45) is 1.03. The highest BCUT2D eigenvalue weighted by Gasteiger charge is 2.16. The van der Waals surface area contributed by atoms with Gasteiger partial charge in [0.25, 0.3) is 5.91 Å². The van der Waals surface area contributed by atoms with Crippen LogP contribution >= 0.6 is 0 Å². The minimum absolute atomic E-state index is 0.0477. The van der Waals surface area contributed by atoms with Crippen LogP contribution in [-0.2, 0) is 9.47 Å². The molecular formula is C16H24N2O3. The van der Waals surface area contributed by atoms with Crippen LogP contribution in [0.2, 0.25) is 0 Å². The molecule has 2 N–H and O–H groups in total. The van der Waals surface area contributed by atoms with Gasteiger partial charge < -0.3 is 20.1 Å². The maximum absolute atomic E-state index is 12.2. The molecule has 1 aliphatic heterocycles. The van der Waals surface area contributed by atoms with E-state index in [-0.39, 0.29) is 12.0 Å². The molecule has 1 atom stereocenters. The molecular weight excluding hydrogens is 268 g/mol. The summed E-state index contributed by atoms with van der Waals surface area (Å²) >= 11 is 0. The number of benzene rings is 1. The van der Waals surface area contributed by atoms with E-state index in [4.69, 9.17) is 9.47 Å². The average molecular weight is 292 g/mol. The van der Waals surface area contributed by atoms with Gasteiger partial charge in [0.15, 0.2) is 0 Å². The second-order valence-electron chi connectivity index (χ2n) is 5.23. The summed E-state index contributed by atoms with van der Waals surface area (Å²) in [6.45, 7) is 7.26. The zero-order valence-corrected chi connectivity index (χ0v) is 12.8. The number of carbonyl (C=O) groups excluding carboxylic acids is 1. The zero-order chi connectivity index (χ0) is 15.1. The first-order valence-electron chi connectivity index (χ1n) is 7.52. The number of aryl methyl sites for hydroxylation is 1.